The number of fused-ring (bicyclic) bond motifs is 1. The monoisotopic (exact) mass is 507 g/mol. The van der Waals surface area contributed by atoms with Gasteiger partial charge in [0.2, 0.25) is 0 Å². The van der Waals surface area contributed by atoms with Gasteiger partial charge in [0.25, 0.3) is 5.56 Å². The normalized spacial score (nSPS) is 15.3. The third-order valence-corrected chi connectivity index (χ3v) is 6.94. The zero-order valence-corrected chi connectivity index (χ0v) is 22.0. The highest BCUT2D eigenvalue weighted by Crippen LogP contribution is 2.37. The maximum absolute atomic E-state index is 13.8. The fourth-order valence-electron chi connectivity index (χ4n) is 4.16. The number of anilines is 1. The van der Waals surface area contributed by atoms with Crippen molar-refractivity contribution in [2.75, 3.05) is 39.8 Å². The second-order valence-electron chi connectivity index (χ2n) is 8.40. The number of esters is 1. The van der Waals surface area contributed by atoms with Crippen LogP contribution in [0, 0.1) is 0 Å². The molecule has 36 heavy (non-hydrogen) atoms. The minimum Gasteiger partial charge on any atom is -0.497 e. The SMILES string of the molecule is CCOC(=O)C1=C(C)N=c2s/c(=C/c3ccc(N(C)C)cc3)c(=O)n2C1c1cc(OC)ccc1OC. The number of hydrogen-bond donors (Lipinski definition) is 0. The summed E-state index contributed by atoms with van der Waals surface area (Å²) in [6.07, 6.45) is 1.84. The minimum absolute atomic E-state index is 0.199. The highest BCUT2D eigenvalue weighted by atomic mass is 32.1. The van der Waals surface area contributed by atoms with Crippen LogP contribution in [0.3, 0.4) is 0 Å². The molecule has 188 valence electrons. The Balaban J connectivity index is 1.96. The summed E-state index contributed by atoms with van der Waals surface area (Å²) in [4.78, 5) is 34.0. The Hall–Kier alpha value is -3.85. The number of benzene rings is 2. The quantitative estimate of drug-likeness (QED) is 0.458. The van der Waals surface area contributed by atoms with E-state index in [0.29, 0.717) is 32.1 Å². The summed E-state index contributed by atoms with van der Waals surface area (Å²) >= 11 is 1.28. The maximum atomic E-state index is 13.8. The number of allylic oxidation sites excluding steroid dienone is 1. The molecule has 0 N–H and O–H groups in total. The first-order valence-electron chi connectivity index (χ1n) is 11.5. The van der Waals surface area contributed by atoms with Crippen LogP contribution in [0.15, 0.2) is 63.5 Å². The van der Waals surface area contributed by atoms with E-state index < -0.39 is 12.0 Å². The number of aromatic nitrogens is 1. The lowest BCUT2D eigenvalue weighted by molar-refractivity contribution is -0.139. The zero-order valence-electron chi connectivity index (χ0n) is 21.2. The van der Waals surface area contributed by atoms with Crippen LogP contribution in [0.5, 0.6) is 11.5 Å². The molecule has 2 aromatic carbocycles. The van der Waals surface area contributed by atoms with Gasteiger partial charge in [0, 0.05) is 25.3 Å². The van der Waals surface area contributed by atoms with Gasteiger partial charge in [0.15, 0.2) is 4.80 Å². The van der Waals surface area contributed by atoms with E-state index in [2.05, 4.69) is 4.99 Å². The summed E-state index contributed by atoms with van der Waals surface area (Å²) in [5.41, 5.74) is 3.09. The lowest BCUT2D eigenvalue weighted by Gasteiger charge is -2.26. The van der Waals surface area contributed by atoms with Gasteiger partial charge in [-0.15, -0.1) is 0 Å². The molecule has 1 atom stereocenters. The molecule has 8 nitrogen and oxygen atoms in total. The topological polar surface area (TPSA) is 82.4 Å². The fraction of sp³-hybridized carbons (Fsp3) is 0.296. The van der Waals surface area contributed by atoms with Crippen LogP contribution in [-0.2, 0) is 9.53 Å². The first-order valence-corrected chi connectivity index (χ1v) is 12.3. The van der Waals surface area contributed by atoms with Crippen molar-refractivity contribution >= 4 is 29.1 Å². The van der Waals surface area contributed by atoms with Crippen molar-refractivity contribution in [1.82, 2.24) is 4.57 Å². The Bertz CT molecular complexity index is 1500. The molecule has 0 saturated heterocycles. The highest BCUT2D eigenvalue weighted by molar-refractivity contribution is 7.07. The van der Waals surface area contributed by atoms with E-state index in [9.17, 15) is 9.59 Å². The number of nitrogens with zero attached hydrogens (tertiary/aromatic N) is 3. The molecule has 0 fully saturated rings. The fourth-order valence-corrected chi connectivity index (χ4v) is 5.21. The van der Waals surface area contributed by atoms with Gasteiger partial charge in [-0.1, -0.05) is 23.5 Å². The average Bonchev–Trinajstić information content (AvgIpc) is 3.17. The molecular weight excluding hydrogens is 478 g/mol. The lowest BCUT2D eigenvalue weighted by atomic mass is 9.94. The molecule has 1 aliphatic heterocycles. The summed E-state index contributed by atoms with van der Waals surface area (Å²) in [6.45, 7) is 3.69. The first-order chi connectivity index (χ1) is 17.3. The van der Waals surface area contributed by atoms with Crippen molar-refractivity contribution in [3.63, 3.8) is 0 Å². The molecule has 4 rings (SSSR count). The number of rotatable bonds is 7. The molecule has 0 saturated carbocycles. The van der Waals surface area contributed by atoms with Gasteiger partial charge in [-0.05, 0) is 55.8 Å². The predicted octanol–water partition coefficient (Wildman–Crippen LogP) is 2.88. The Morgan fingerprint density at radius 2 is 1.86 bits per heavy atom. The second kappa shape index (κ2) is 10.4. The molecule has 0 radical (unpaired) electrons. The third-order valence-electron chi connectivity index (χ3n) is 5.96. The summed E-state index contributed by atoms with van der Waals surface area (Å²) in [5.74, 6) is 0.570. The predicted molar refractivity (Wildman–Crippen MR) is 141 cm³/mol. The average molecular weight is 508 g/mol. The van der Waals surface area contributed by atoms with Crippen molar-refractivity contribution in [1.29, 1.82) is 0 Å². The van der Waals surface area contributed by atoms with E-state index in [0.717, 1.165) is 11.3 Å². The van der Waals surface area contributed by atoms with Gasteiger partial charge in [0.05, 0.1) is 36.6 Å². The molecular formula is C27H29N3O5S. The number of thiazole rings is 1. The van der Waals surface area contributed by atoms with E-state index in [1.54, 1.807) is 50.8 Å². The Labute approximate surface area is 213 Å². The summed E-state index contributed by atoms with van der Waals surface area (Å²) < 4.78 is 18.5. The molecule has 0 spiro atoms. The number of methoxy groups -OCH3 is 2. The number of hydrogen-bond acceptors (Lipinski definition) is 8. The van der Waals surface area contributed by atoms with E-state index >= 15 is 0 Å². The molecule has 1 unspecified atom stereocenters. The van der Waals surface area contributed by atoms with Gasteiger partial charge in [0.1, 0.15) is 17.5 Å². The Morgan fingerprint density at radius 3 is 2.47 bits per heavy atom. The van der Waals surface area contributed by atoms with E-state index in [1.807, 2.05) is 49.3 Å². The largest absolute Gasteiger partial charge is 0.497 e. The summed E-state index contributed by atoms with van der Waals surface area (Å²) in [5, 5.41) is 0. The van der Waals surface area contributed by atoms with Crippen molar-refractivity contribution in [3.8, 4) is 11.5 Å². The first kappa shape index (κ1) is 25.2. The number of ether oxygens (including phenoxy) is 3. The van der Waals surface area contributed by atoms with Crippen LogP contribution in [-0.4, -0.2) is 45.5 Å². The van der Waals surface area contributed by atoms with Crippen molar-refractivity contribution in [2.45, 2.75) is 19.9 Å². The molecule has 0 amide bonds. The third kappa shape index (κ3) is 4.66. The number of carbonyl (C=O) groups excluding carboxylic acids is 1. The van der Waals surface area contributed by atoms with Crippen molar-refractivity contribution < 1.29 is 19.0 Å². The van der Waals surface area contributed by atoms with E-state index in [-0.39, 0.29) is 17.7 Å². The van der Waals surface area contributed by atoms with Crippen LogP contribution in [0.4, 0.5) is 5.69 Å². The van der Waals surface area contributed by atoms with Gasteiger partial charge in [-0.3, -0.25) is 9.36 Å². The molecule has 0 bridgehead atoms. The van der Waals surface area contributed by atoms with E-state index in [1.165, 1.54) is 11.3 Å². The van der Waals surface area contributed by atoms with Gasteiger partial charge in [-0.25, -0.2) is 9.79 Å². The van der Waals surface area contributed by atoms with Crippen molar-refractivity contribution in [2.24, 2.45) is 4.99 Å². The van der Waals surface area contributed by atoms with Crippen LogP contribution in [0.2, 0.25) is 0 Å². The van der Waals surface area contributed by atoms with Gasteiger partial charge < -0.3 is 19.1 Å². The van der Waals surface area contributed by atoms with Crippen LogP contribution in [0.1, 0.15) is 31.0 Å². The number of carbonyl (C=O) groups is 1. The minimum atomic E-state index is -0.788. The molecule has 1 aromatic heterocycles. The van der Waals surface area contributed by atoms with Gasteiger partial charge >= 0.3 is 5.97 Å². The molecule has 2 heterocycles. The Morgan fingerprint density at radius 1 is 1.14 bits per heavy atom. The van der Waals surface area contributed by atoms with Crippen LogP contribution in [0.25, 0.3) is 6.08 Å². The molecule has 0 aliphatic carbocycles. The standard InChI is InChI=1S/C27H29N3O5S/c1-7-35-26(32)23-16(2)28-27-30(24(23)20-15-19(33-5)12-13-21(20)34-6)25(31)22(36-27)14-17-8-10-18(11-9-17)29(3)4/h8-15,24H,7H2,1-6H3/b22-14+. The smallest absolute Gasteiger partial charge is 0.338 e. The van der Waals surface area contributed by atoms with Crippen LogP contribution < -0.4 is 29.3 Å². The second-order valence-corrected chi connectivity index (χ2v) is 9.41. The molecule has 9 heteroatoms. The zero-order chi connectivity index (χ0) is 26.0. The van der Waals surface area contributed by atoms with E-state index in [4.69, 9.17) is 14.2 Å². The maximum Gasteiger partial charge on any atom is 0.338 e. The van der Waals surface area contributed by atoms with Gasteiger partial charge in [-0.2, -0.15) is 0 Å². The highest BCUT2D eigenvalue weighted by Gasteiger charge is 2.35. The molecule has 3 aromatic rings. The van der Waals surface area contributed by atoms with Crippen LogP contribution >= 0.6 is 11.3 Å². The van der Waals surface area contributed by atoms with Crippen molar-refractivity contribution in [3.05, 3.63) is 84.5 Å². The lowest BCUT2D eigenvalue weighted by Crippen LogP contribution is -2.40. The summed E-state index contributed by atoms with van der Waals surface area (Å²) in [7, 11) is 7.06. The Kier molecular flexibility index (Phi) is 7.30. The summed E-state index contributed by atoms with van der Waals surface area (Å²) in [6, 6.07) is 12.4. The molecule has 1 aliphatic rings.